The Bertz CT molecular complexity index is 1030. The number of carbonyl (C=O) groups is 2. The molecule has 1 aliphatic carbocycles. The van der Waals surface area contributed by atoms with Crippen molar-refractivity contribution in [3.63, 3.8) is 0 Å². The van der Waals surface area contributed by atoms with Gasteiger partial charge < -0.3 is 15.4 Å². The molecule has 164 valence electrons. The van der Waals surface area contributed by atoms with Gasteiger partial charge in [0, 0.05) is 10.4 Å². The Balaban J connectivity index is 2.09. The first kappa shape index (κ1) is 22.6. The number of alkyl halides is 3. The third-order valence-corrected chi connectivity index (χ3v) is 6.35. The maximum atomic E-state index is 14.3. The Hall–Kier alpha value is -3.06. The quantitative estimate of drug-likeness (QED) is 0.529. The van der Waals surface area contributed by atoms with E-state index in [1.807, 2.05) is 13.0 Å². The monoisotopic (exact) mass is 451 g/mol. The number of nitriles is 1. The van der Waals surface area contributed by atoms with Crippen molar-refractivity contribution < 1.29 is 27.5 Å². The summed E-state index contributed by atoms with van der Waals surface area (Å²) in [7, 11) is 0.797. The van der Waals surface area contributed by atoms with Crippen molar-refractivity contribution in [3.05, 3.63) is 51.9 Å². The molecule has 31 heavy (non-hydrogen) atoms. The van der Waals surface area contributed by atoms with Gasteiger partial charge in [-0.3, -0.25) is 4.79 Å². The minimum atomic E-state index is -5.27. The van der Waals surface area contributed by atoms with Crippen LogP contribution >= 0.6 is 11.3 Å². The topological polar surface area (TPSA) is 91.2 Å². The van der Waals surface area contributed by atoms with Gasteiger partial charge in [-0.2, -0.15) is 18.4 Å². The maximum absolute atomic E-state index is 14.3. The molecule has 10 heteroatoms. The highest BCUT2D eigenvalue weighted by Gasteiger charge is 2.64. The SMILES string of the molecule is COC(=O)[C@](NC(=O)c1ccccc1)(Nc1sc2c(c1C#N)CC[C@@H](C)C2)C(F)(F)F. The van der Waals surface area contributed by atoms with Gasteiger partial charge in [-0.05, 0) is 42.9 Å². The molecule has 2 atom stereocenters. The number of esters is 1. The van der Waals surface area contributed by atoms with Gasteiger partial charge in [0.05, 0.1) is 12.7 Å². The number of nitrogens with one attached hydrogen (secondary N) is 2. The summed E-state index contributed by atoms with van der Waals surface area (Å²) < 4.78 is 47.3. The smallest absolute Gasteiger partial charge is 0.441 e. The van der Waals surface area contributed by atoms with Gasteiger partial charge in [-0.15, -0.1) is 11.3 Å². The third-order valence-electron chi connectivity index (χ3n) is 5.18. The molecule has 0 saturated carbocycles. The van der Waals surface area contributed by atoms with Crippen LogP contribution in [-0.2, 0) is 22.4 Å². The first-order valence-electron chi connectivity index (χ1n) is 9.48. The van der Waals surface area contributed by atoms with Crippen LogP contribution in [0.5, 0.6) is 0 Å². The number of rotatable bonds is 5. The number of ether oxygens (including phenoxy) is 1. The molecule has 1 aromatic carbocycles. The summed E-state index contributed by atoms with van der Waals surface area (Å²) in [5.74, 6) is -2.53. The Morgan fingerprint density at radius 3 is 2.52 bits per heavy atom. The summed E-state index contributed by atoms with van der Waals surface area (Å²) in [5, 5.41) is 13.4. The summed E-state index contributed by atoms with van der Waals surface area (Å²) in [4.78, 5) is 25.8. The molecule has 3 rings (SSSR count). The molecule has 0 fully saturated rings. The van der Waals surface area contributed by atoms with Crippen molar-refractivity contribution in [2.45, 2.75) is 38.0 Å². The van der Waals surface area contributed by atoms with E-state index in [0.29, 0.717) is 24.3 Å². The Kier molecular flexibility index (Phi) is 6.27. The average molecular weight is 451 g/mol. The summed E-state index contributed by atoms with van der Waals surface area (Å²) in [5.41, 5.74) is -2.90. The van der Waals surface area contributed by atoms with Crippen molar-refractivity contribution in [2.24, 2.45) is 5.92 Å². The summed E-state index contributed by atoms with van der Waals surface area (Å²) >= 11 is 0.991. The molecule has 2 N–H and O–H groups in total. The van der Waals surface area contributed by atoms with Crippen LogP contribution in [0.15, 0.2) is 30.3 Å². The average Bonchev–Trinajstić information content (AvgIpc) is 3.08. The van der Waals surface area contributed by atoms with Crippen LogP contribution in [0.25, 0.3) is 0 Å². The predicted octanol–water partition coefficient (Wildman–Crippen LogP) is 4.02. The standard InChI is InChI=1S/C21H20F3N3O3S/c1-12-8-9-14-15(11-25)18(31-16(14)10-12)27-20(19(29)30-2,21(22,23)24)26-17(28)13-6-4-3-5-7-13/h3-7,12,27H,8-10H2,1-2H3,(H,26,28)/t12-,20+/m1/s1. The highest BCUT2D eigenvalue weighted by atomic mass is 32.1. The van der Waals surface area contributed by atoms with Crippen LogP contribution in [-0.4, -0.2) is 30.8 Å². The zero-order valence-electron chi connectivity index (χ0n) is 16.8. The van der Waals surface area contributed by atoms with Crippen LogP contribution in [0.3, 0.4) is 0 Å². The minimum absolute atomic E-state index is 0.0541. The van der Waals surface area contributed by atoms with E-state index in [4.69, 9.17) is 0 Å². The number of amides is 1. The fourth-order valence-electron chi connectivity index (χ4n) is 3.50. The second-order valence-electron chi connectivity index (χ2n) is 7.35. The van der Waals surface area contributed by atoms with E-state index in [9.17, 15) is 28.0 Å². The number of hydrogen-bond donors (Lipinski definition) is 2. The summed E-state index contributed by atoms with van der Waals surface area (Å²) in [6.07, 6.45) is -3.27. The number of nitrogens with zero attached hydrogens (tertiary/aromatic N) is 1. The molecule has 0 spiro atoms. The Morgan fingerprint density at radius 1 is 1.26 bits per heavy atom. The molecule has 1 aliphatic rings. The van der Waals surface area contributed by atoms with Crippen molar-refractivity contribution in [1.29, 1.82) is 5.26 Å². The largest absolute Gasteiger partial charge is 0.466 e. The number of halogens is 3. The normalized spacial score (nSPS) is 17.6. The van der Waals surface area contributed by atoms with E-state index < -0.39 is 23.7 Å². The third kappa shape index (κ3) is 4.23. The molecule has 2 aromatic rings. The fourth-order valence-corrected chi connectivity index (χ4v) is 4.92. The van der Waals surface area contributed by atoms with Gasteiger partial charge in [-0.1, -0.05) is 25.1 Å². The molecule has 0 saturated heterocycles. The van der Waals surface area contributed by atoms with Crippen LogP contribution < -0.4 is 10.6 Å². The molecule has 0 aliphatic heterocycles. The zero-order chi connectivity index (χ0) is 22.8. The van der Waals surface area contributed by atoms with E-state index in [2.05, 4.69) is 10.1 Å². The fraction of sp³-hybridized carbons (Fsp3) is 0.381. The van der Waals surface area contributed by atoms with Crippen molar-refractivity contribution in [1.82, 2.24) is 5.32 Å². The number of anilines is 1. The van der Waals surface area contributed by atoms with E-state index in [-0.39, 0.29) is 16.1 Å². The van der Waals surface area contributed by atoms with Crippen LogP contribution in [0.4, 0.5) is 18.2 Å². The van der Waals surface area contributed by atoms with Crippen molar-refractivity contribution >= 4 is 28.2 Å². The number of carbonyl (C=O) groups excluding carboxylic acids is 2. The van der Waals surface area contributed by atoms with Gasteiger partial charge in [-0.25, -0.2) is 4.79 Å². The first-order chi connectivity index (χ1) is 14.6. The molecule has 1 heterocycles. The highest BCUT2D eigenvalue weighted by molar-refractivity contribution is 7.16. The number of thiophene rings is 1. The maximum Gasteiger partial charge on any atom is 0.441 e. The molecule has 0 radical (unpaired) electrons. The predicted molar refractivity (Wildman–Crippen MR) is 109 cm³/mol. The lowest BCUT2D eigenvalue weighted by molar-refractivity contribution is -0.203. The second kappa shape index (κ2) is 8.59. The number of benzene rings is 1. The van der Waals surface area contributed by atoms with Crippen LogP contribution in [0, 0.1) is 17.2 Å². The van der Waals surface area contributed by atoms with Crippen molar-refractivity contribution in [3.8, 4) is 6.07 Å². The number of methoxy groups -OCH3 is 1. The number of fused-ring (bicyclic) bond motifs is 1. The minimum Gasteiger partial charge on any atom is -0.466 e. The van der Waals surface area contributed by atoms with Gasteiger partial charge in [0.2, 0.25) is 0 Å². The number of hydrogen-bond acceptors (Lipinski definition) is 6. The molecular weight excluding hydrogens is 431 g/mol. The zero-order valence-corrected chi connectivity index (χ0v) is 17.6. The Morgan fingerprint density at radius 2 is 1.94 bits per heavy atom. The van der Waals surface area contributed by atoms with Gasteiger partial charge in [0.15, 0.2) is 0 Å². The lowest BCUT2D eigenvalue weighted by Crippen LogP contribution is -2.69. The summed E-state index contributed by atoms with van der Waals surface area (Å²) in [6, 6.07) is 9.16. The molecular formula is C21H20F3N3O3S. The lowest BCUT2D eigenvalue weighted by atomic mass is 9.88. The van der Waals surface area contributed by atoms with E-state index >= 15 is 0 Å². The molecule has 1 aromatic heterocycles. The van der Waals surface area contributed by atoms with Gasteiger partial charge in [0.25, 0.3) is 5.91 Å². The Labute approximate surface area is 181 Å². The summed E-state index contributed by atoms with van der Waals surface area (Å²) in [6.45, 7) is 2.02. The van der Waals surface area contributed by atoms with Crippen LogP contribution in [0.2, 0.25) is 0 Å². The van der Waals surface area contributed by atoms with E-state index in [1.54, 1.807) is 11.4 Å². The van der Waals surface area contributed by atoms with E-state index in [0.717, 1.165) is 29.7 Å². The molecule has 0 bridgehead atoms. The van der Waals surface area contributed by atoms with Gasteiger partial charge in [0.1, 0.15) is 11.1 Å². The molecule has 1 amide bonds. The molecule has 0 unspecified atom stereocenters. The molecule has 6 nitrogen and oxygen atoms in total. The second-order valence-corrected chi connectivity index (χ2v) is 8.46. The van der Waals surface area contributed by atoms with Crippen molar-refractivity contribution in [2.75, 3.05) is 12.4 Å². The van der Waals surface area contributed by atoms with E-state index in [1.165, 1.54) is 24.3 Å². The van der Waals surface area contributed by atoms with Crippen LogP contribution in [0.1, 0.15) is 39.7 Å². The van der Waals surface area contributed by atoms with Gasteiger partial charge >= 0.3 is 17.8 Å². The lowest BCUT2D eigenvalue weighted by Gasteiger charge is -2.34. The first-order valence-corrected chi connectivity index (χ1v) is 10.3. The highest BCUT2D eigenvalue weighted by Crippen LogP contribution is 2.42.